The molecule has 1 rings (SSSR count). The van der Waals surface area contributed by atoms with Gasteiger partial charge in [0.25, 0.3) is 0 Å². The number of nitrogens with zero attached hydrogens (tertiary/aromatic N) is 3. The summed E-state index contributed by atoms with van der Waals surface area (Å²) in [5.41, 5.74) is 0. The fourth-order valence-electron chi connectivity index (χ4n) is 3.71. The van der Waals surface area contributed by atoms with Gasteiger partial charge in [-0.2, -0.15) is 0 Å². The number of quaternary nitrogens is 1. The van der Waals surface area contributed by atoms with E-state index in [0.717, 1.165) is 0 Å². The van der Waals surface area contributed by atoms with Gasteiger partial charge >= 0.3 is 0 Å². The Morgan fingerprint density at radius 1 is 0.640 bits per heavy atom. The molecule has 25 heavy (non-hydrogen) atoms. The van der Waals surface area contributed by atoms with Crippen molar-refractivity contribution in [1.29, 1.82) is 0 Å². The van der Waals surface area contributed by atoms with Crippen LogP contribution in [0.25, 0.3) is 0 Å². The van der Waals surface area contributed by atoms with Crippen molar-refractivity contribution in [3.63, 3.8) is 0 Å². The van der Waals surface area contributed by atoms with E-state index in [4.69, 9.17) is 0 Å². The van der Waals surface area contributed by atoms with Crippen LogP contribution in [0, 0.1) is 0 Å². The molecular formula is C21H46BrN3. The maximum Gasteiger partial charge on any atom is 0.0914 e. The van der Waals surface area contributed by atoms with Gasteiger partial charge in [-0.3, -0.25) is 9.80 Å². The number of unbranched alkanes of at least 4 members (excludes halogenated alkanes) is 9. The van der Waals surface area contributed by atoms with Crippen LogP contribution in [-0.2, 0) is 0 Å². The molecule has 1 fully saturated rings. The summed E-state index contributed by atoms with van der Waals surface area (Å²) >= 11 is 0. The van der Waals surface area contributed by atoms with E-state index in [1.165, 1.54) is 115 Å². The molecule has 0 N–H and O–H groups in total. The summed E-state index contributed by atoms with van der Waals surface area (Å²) in [5.74, 6) is 0. The molecule has 0 radical (unpaired) electrons. The molecule has 0 amide bonds. The zero-order valence-corrected chi connectivity index (χ0v) is 19.3. The molecule has 0 unspecified atom stereocenters. The lowest BCUT2D eigenvalue weighted by atomic mass is 10.1. The van der Waals surface area contributed by atoms with Gasteiger partial charge in [0, 0.05) is 26.2 Å². The van der Waals surface area contributed by atoms with Crippen LogP contribution in [0.3, 0.4) is 0 Å². The highest BCUT2D eigenvalue weighted by atomic mass is 79.9. The van der Waals surface area contributed by atoms with Crippen LogP contribution < -0.4 is 17.0 Å². The van der Waals surface area contributed by atoms with Crippen LogP contribution in [0.1, 0.15) is 71.1 Å². The molecule has 3 nitrogen and oxygen atoms in total. The van der Waals surface area contributed by atoms with E-state index in [0.29, 0.717) is 0 Å². The first-order valence-corrected chi connectivity index (χ1v) is 10.8. The molecule has 1 heterocycles. The number of rotatable bonds is 11. The number of hydrogen-bond acceptors (Lipinski definition) is 2. The lowest BCUT2D eigenvalue weighted by Crippen LogP contribution is -3.00. The first kappa shape index (κ1) is 25.4. The quantitative estimate of drug-likeness (QED) is 0.367. The molecule has 1 saturated heterocycles. The van der Waals surface area contributed by atoms with E-state index in [1.807, 2.05) is 0 Å². The van der Waals surface area contributed by atoms with Crippen LogP contribution in [0.5, 0.6) is 0 Å². The maximum absolute atomic E-state index is 2.51. The minimum Gasteiger partial charge on any atom is -1.00 e. The van der Waals surface area contributed by atoms with Crippen LogP contribution in [0.4, 0.5) is 0 Å². The van der Waals surface area contributed by atoms with Gasteiger partial charge in [0.15, 0.2) is 0 Å². The average molecular weight is 421 g/mol. The predicted molar refractivity (Wildman–Crippen MR) is 108 cm³/mol. The second-order valence-corrected chi connectivity index (χ2v) is 8.58. The molecule has 152 valence electrons. The Hall–Kier alpha value is 0.360. The molecule has 4 heteroatoms. The van der Waals surface area contributed by atoms with Crippen molar-refractivity contribution in [1.82, 2.24) is 9.80 Å². The van der Waals surface area contributed by atoms with Crippen molar-refractivity contribution < 1.29 is 21.5 Å². The molecule has 0 aromatic carbocycles. The third kappa shape index (κ3) is 13.2. The van der Waals surface area contributed by atoms with Gasteiger partial charge in [0.2, 0.25) is 0 Å². The summed E-state index contributed by atoms with van der Waals surface area (Å²) in [6.45, 7) is 11.3. The molecule has 0 aromatic rings. The topological polar surface area (TPSA) is 6.48 Å². The van der Waals surface area contributed by atoms with Gasteiger partial charge in [-0.1, -0.05) is 58.3 Å². The average Bonchev–Trinajstić information content (AvgIpc) is 2.63. The van der Waals surface area contributed by atoms with E-state index < -0.39 is 0 Å². The van der Waals surface area contributed by atoms with Gasteiger partial charge in [0.05, 0.1) is 26.7 Å². The Balaban J connectivity index is 0.00000576. The first-order chi connectivity index (χ1) is 11.6. The molecule has 0 bridgehead atoms. The van der Waals surface area contributed by atoms with Crippen LogP contribution in [0.2, 0.25) is 0 Å². The highest BCUT2D eigenvalue weighted by molar-refractivity contribution is 4.61. The van der Waals surface area contributed by atoms with E-state index in [-0.39, 0.29) is 17.0 Å². The van der Waals surface area contributed by atoms with Gasteiger partial charge in [-0.25, -0.2) is 0 Å². The first-order valence-electron chi connectivity index (χ1n) is 10.8. The van der Waals surface area contributed by atoms with Crippen molar-refractivity contribution in [2.75, 3.05) is 67.0 Å². The Labute approximate surface area is 169 Å². The number of likely N-dealkylation sites (N-methyl/N-ethyl adjacent to an activating group) is 3. The minimum absolute atomic E-state index is 0. The SMILES string of the molecule is CCCCCCCCCCCC[N+]1(C)CCN(C)CCN(C)CC1.[Br-]. The van der Waals surface area contributed by atoms with E-state index in [1.54, 1.807) is 0 Å². The van der Waals surface area contributed by atoms with Gasteiger partial charge < -0.3 is 21.5 Å². The summed E-state index contributed by atoms with van der Waals surface area (Å²) in [6, 6.07) is 0. The van der Waals surface area contributed by atoms with Crippen molar-refractivity contribution in [3.05, 3.63) is 0 Å². The standard InChI is InChI=1S/C21H46N3.BrH/c1-5-6-7-8-9-10-11-12-13-14-19-24(4)20-17-22(2)15-16-23(3)18-21-24;/h5-21H2,1-4H3;1H/q+1;/p-1. The van der Waals surface area contributed by atoms with Crippen molar-refractivity contribution in [2.45, 2.75) is 71.1 Å². The van der Waals surface area contributed by atoms with E-state index in [2.05, 4.69) is 37.9 Å². The predicted octanol–water partition coefficient (Wildman–Crippen LogP) is 1.24. The molecule has 0 aliphatic carbocycles. The van der Waals surface area contributed by atoms with E-state index in [9.17, 15) is 0 Å². The highest BCUT2D eigenvalue weighted by Crippen LogP contribution is 2.13. The Morgan fingerprint density at radius 3 is 1.48 bits per heavy atom. The maximum atomic E-state index is 2.51. The zero-order valence-electron chi connectivity index (χ0n) is 17.7. The van der Waals surface area contributed by atoms with Gasteiger partial charge in [-0.15, -0.1) is 0 Å². The Kier molecular flexibility index (Phi) is 15.6. The molecular weight excluding hydrogens is 374 g/mol. The monoisotopic (exact) mass is 419 g/mol. The summed E-state index contributed by atoms with van der Waals surface area (Å²) < 4.78 is 1.27. The Morgan fingerprint density at radius 2 is 1.04 bits per heavy atom. The minimum atomic E-state index is 0. The van der Waals surface area contributed by atoms with Crippen molar-refractivity contribution in [3.8, 4) is 0 Å². The lowest BCUT2D eigenvalue weighted by Gasteiger charge is -2.35. The molecule has 0 spiro atoms. The van der Waals surface area contributed by atoms with Crippen molar-refractivity contribution in [2.24, 2.45) is 0 Å². The van der Waals surface area contributed by atoms with Crippen LogP contribution >= 0.6 is 0 Å². The second-order valence-electron chi connectivity index (χ2n) is 8.58. The lowest BCUT2D eigenvalue weighted by molar-refractivity contribution is -0.908. The number of halogens is 1. The number of hydrogen-bond donors (Lipinski definition) is 0. The van der Waals surface area contributed by atoms with Crippen LogP contribution in [-0.4, -0.2) is 81.2 Å². The summed E-state index contributed by atoms with van der Waals surface area (Å²) in [5, 5.41) is 0. The van der Waals surface area contributed by atoms with Gasteiger partial charge in [0.1, 0.15) is 0 Å². The third-order valence-electron chi connectivity index (χ3n) is 5.96. The summed E-state index contributed by atoms with van der Waals surface area (Å²) in [4.78, 5) is 5.02. The van der Waals surface area contributed by atoms with Crippen molar-refractivity contribution >= 4 is 0 Å². The van der Waals surface area contributed by atoms with Gasteiger partial charge in [-0.05, 0) is 26.9 Å². The fourth-order valence-corrected chi connectivity index (χ4v) is 3.71. The van der Waals surface area contributed by atoms with E-state index >= 15 is 0 Å². The molecule has 0 aromatic heterocycles. The highest BCUT2D eigenvalue weighted by Gasteiger charge is 2.23. The zero-order chi connectivity index (χ0) is 17.7. The summed E-state index contributed by atoms with van der Waals surface area (Å²) in [6.07, 6.45) is 14.4. The molecule has 1 aliphatic rings. The second kappa shape index (κ2) is 15.4. The molecule has 0 atom stereocenters. The van der Waals surface area contributed by atoms with Crippen LogP contribution in [0.15, 0.2) is 0 Å². The third-order valence-corrected chi connectivity index (χ3v) is 5.96. The normalized spacial score (nSPS) is 19.7. The Bertz CT molecular complexity index is 285. The summed E-state index contributed by atoms with van der Waals surface area (Å²) in [7, 11) is 7.05. The molecule has 0 saturated carbocycles. The largest absolute Gasteiger partial charge is 1.00 e. The molecule has 1 aliphatic heterocycles. The fraction of sp³-hybridized carbons (Fsp3) is 1.00. The smallest absolute Gasteiger partial charge is 0.0914 e.